The normalized spacial score (nSPS) is 19.8. The molecule has 2 heterocycles. The minimum atomic E-state index is -0.137. The molecule has 0 radical (unpaired) electrons. The third-order valence-electron chi connectivity index (χ3n) is 11.2. The average Bonchev–Trinajstić information content (AvgIpc) is 3.44. The van der Waals surface area contributed by atoms with Crippen molar-refractivity contribution < 1.29 is 9.68 Å². The van der Waals surface area contributed by atoms with Gasteiger partial charge in [-0.2, -0.15) is 4.58 Å². The van der Waals surface area contributed by atoms with Gasteiger partial charge in [0.2, 0.25) is 5.69 Å². The SMILES string of the molecule is CN1/C(=C/C=C2\CCCC(/C=C/C3=[N+](C)c4ccc5ccccc5c4C3(C)C)=C2Sc2ccc(O)cc2)C(C)(C)c2c1ccc1ccccc21. The molecule has 0 spiro atoms. The molecule has 1 aliphatic carbocycles. The highest BCUT2D eigenvalue weighted by atomic mass is 32.2. The van der Waals surface area contributed by atoms with Gasteiger partial charge in [-0.3, -0.25) is 0 Å². The van der Waals surface area contributed by atoms with Crippen LogP contribution in [0.4, 0.5) is 11.4 Å². The van der Waals surface area contributed by atoms with Gasteiger partial charge in [0.25, 0.3) is 0 Å². The van der Waals surface area contributed by atoms with E-state index in [0.717, 1.165) is 24.2 Å². The van der Waals surface area contributed by atoms with Crippen molar-refractivity contribution >= 4 is 50.4 Å². The highest BCUT2D eigenvalue weighted by molar-refractivity contribution is 8.03. The van der Waals surface area contributed by atoms with Crippen LogP contribution in [-0.2, 0) is 10.8 Å². The summed E-state index contributed by atoms with van der Waals surface area (Å²) in [5.41, 5.74) is 10.4. The summed E-state index contributed by atoms with van der Waals surface area (Å²) >= 11 is 1.82. The summed E-state index contributed by atoms with van der Waals surface area (Å²) in [5.74, 6) is 0.293. The van der Waals surface area contributed by atoms with E-state index >= 15 is 0 Å². The van der Waals surface area contributed by atoms with Gasteiger partial charge in [0, 0.05) is 51.4 Å². The van der Waals surface area contributed by atoms with Gasteiger partial charge in [0.1, 0.15) is 12.8 Å². The van der Waals surface area contributed by atoms with Crippen molar-refractivity contribution in [2.45, 2.75) is 62.7 Å². The van der Waals surface area contributed by atoms with Crippen molar-refractivity contribution in [2.75, 3.05) is 19.0 Å². The minimum absolute atomic E-state index is 0.137. The van der Waals surface area contributed by atoms with Crippen LogP contribution in [0.5, 0.6) is 5.75 Å². The molecule has 8 rings (SSSR count). The van der Waals surface area contributed by atoms with Gasteiger partial charge < -0.3 is 10.0 Å². The number of hydrogen-bond donors (Lipinski definition) is 1. The number of nitrogens with zero attached hydrogens (tertiary/aromatic N) is 2. The Morgan fingerprint density at radius 2 is 1.38 bits per heavy atom. The molecular formula is C46H45N2OS+. The summed E-state index contributed by atoms with van der Waals surface area (Å²) < 4.78 is 2.38. The number of likely N-dealkylation sites (N-methyl/N-ethyl adjacent to an activating group) is 1. The second-order valence-corrected chi connectivity index (χ2v) is 16.1. The van der Waals surface area contributed by atoms with Crippen LogP contribution in [0.2, 0.25) is 0 Å². The Morgan fingerprint density at radius 3 is 2.10 bits per heavy atom. The molecule has 3 nitrogen and oxygen atoms in total. The van der Waals surface area contributed by atoms with Crippen molar-refractivity contribution in [2.24, 2.45) is 0 Å². The molecule has 0 bridgehead atoms. The molecule has 5 aromatic carbocycles. The number of phenolic OH excluding ortho intramolecular Hbond substituents is 1. The third-order valence-corrected chi connectivity index (χ3v) is 12.4. The molecule has 0 atom stereocenters. The molecular weight excluding hydrogens is 629 g/mol. The van der Waals surface area contributed by atoms with Gasteiger partial charge in [0.05, 0.1) is 5.41 Å². The number of anilines is 1. The summed E-state index contributed by atoms with van der Waals surface area (Å²) in [5, 5.41) is 15.3. The summed E-state index contributed by atoms with van der Waals surface area (Å²) in [6, 6.07) is 34.2. The van der Waals surface area contributed by atoms with Crippen LogP contribution in [0.1, 0.15) is 58.1 Å². The van der Waals surface area contributed by atoms with Crippen molar-refractivity contribution in [1.29, 1.82) is 0 Å². The lowest BCUT2D eigenvalue weighted by molar-refractivity contribution is -0.401. The van der Waals surface area contributed by atoms with Crippen molar-refractivity contribution in [3.63, 3.8) is 0 Å². The molecule has 0 saturated carbocycles. The molecule has 3 aliphatic rings. The third kappa shape index (κ3) is 5.24. The molecule has 0 saturated heterocycles. The van der Waals surface area contributed by atoms with Crippen LogP contribution >= 0.6 is 11.8 Å². The lowest BCUT2D eigenvalue weighted by Gasteiger charge is -2.25. The fraction of sp³-hybridized carbons (Fsp3) is 0.239. The second-order valence-electron chi connectivity index (χ2n) is 15.0. The minimum Gasteiger partial charge on any atom is -0.508 e. The van der Waals surface area contributed by atoms with Crippen LogP contribution in [0, 0.1) is 0 Å². The number of fused-ring (bicyclic) bond motifs is 6. The Morgan fingerprint density at radius 1 is 0.720 bits per heavy atom. The first-order chi connectivity index (χ1) is 24.1. The fourth-order valence-electron chi connectivity index (χ4n) is 8.73. The van der Waals surface area contributed by atoms with E-state index in [1.165, 1.54) is 71.5 Å². The molecule has 0 amide bonds. The van der Waals surface area contributed by atoms with Gasteiger partial charge in [0.15, 0.2) is 5.71 Å². The first kappa shape index (κ1) is 32.4. The van der Waals surface area contributed by atoms with Gasteiger partial charge in [-0.05, 0) is 114 Å². The highest BCUT2D eigenvalue weighted by Crippen LogP contribution is 2.51. The second kappa shape index (κ2) is 12.2. The Labute approximate surface area is 300 Å². The summed E-state index contributed by atoms with van der Waals surface area (Å²) in [6.07, 6.45) is 12.7. The first-order valence-electron chi connectivity index (χ1n) is 17.7. The number of aromatic hydroxyl groups is 1. The van der Waals surface area contributed by atoms with Gasteiger partial charge >= 0.3 is 0 Å². The molecule has 2 aliphatic heterocycles. The molecule has 0 unspecified atom stereocenters. The predicted octanol–water partition coefficient (Wildman–Crippen LogP) is 11.7. The number of allylic oxidation sites excluding steroid dienone is 7. The summed E-state index contributed by atoms with van der Waals surface area (Å²) in [4.78, 5) is 4.83. The maximum atomic E-state index is 10.0. The van der Waals surface area contributed by atoms with Crippen LogP contribution in [0.3, 0.4) is 0 Å². The number of benzene rings is 5. The molecule has 4 heteroatoms. The van der Waals surface area contributed by atoms with Crippen LogP contribution in [0.25, 0.3) is 21.5 Å². The zero-order chi connectivity index (χ0) is 34.8. The molecule has 50 heavy (non-hydrogen) atoms. The number of thioether (sulfide) groups is 1. The molecule has 5 aromatic rings. The Balaban J connectivity index is 1.21. The lowest BCUT2D eigenvalue weighted by Crippen LogP contribution is -2.27. The van der Waals surface area contributed by atoms with E-state index in [2.05, 4.69) is 148 Å². The quantitative estimate of drug-likeness (QED) is 0.188. The maximum absolute atomic E-state index is 10.0. The Hall–Kier alpha value is -4.80. The number of phenols is 1. The van der Waals surface area contributed by atoms with Crippen LogP contribution in [-0.4, -0.2) is 29.5 Å². The van der Waals surface area contributed by atoms with E-state index in [4.69, 9.17) is 0 Å². The summed E-state index contributed by atoms with van der Waals surface area (Å²) in [7, 11) is 4.42. The van der Waals surface area contributed by atoms with E-state index in [1.807, 2.05) is 23.9 Å². The van der Waals surface area contributed by atoms with Gasteiger partial charge in [-0.1, -0.05) is 92.4 Å². The average molecular weight is 674 g/mol. The van der Waals surface area contributed by atoms with Crippen molar-refractivity contribution in [3.8, 4) is 5.75 Å². The van der Waals surface area contributed by atoms with E-state index in [1.54, 1.807) is 12.1 Å². The van der Waals surface area contributed by atoms with E-state index in [9.17, 15) is 5.11 Å². The maximum Gasteiger partial charge on any atom is 0.210 e. The van der Waals surface area contributed by atoms with E-state index in [0.29, 0.717) is 5.75 Å². The Bertz CT molecular complexity index is 2350. The fourth-order valence-corrected chi connectivity index (χ4v) is 9.84. The first-order valence-corrected chi connectivity index (χ1v) is 18.6. The predicted molar refractivity (Wildman–Crippen MR) is 213 cm³/mol. The van der Waals surface area contributed by atoms with Crippen LogP contribution in [0.15, 0.2) is 148 Å². The van der Waals surface area contributed by atoms with E-state index < -0.39 is 0 Å². The zero-order valence-corrected chi connectivity index (χ0v) is 30.7. The molecule has 0 aromatic heterocycles. The number of rotatable bonds is 5. The van der Waals surface area contributed by atoms with Gasteiger partial charge in [-0.25, -0.2) is 0 Å². The number of hydrogen-bond acceptors (Lipinski definition) is 3. The standard InChI is InChI=1S/C46H44N2OS/c1-45(2)40(47(5)38-26-18-30-12-7-9-16-36(30)42(38)45)28-20-32-14-11-15-33(44(32)50-35-24-22-34(49)23-25-35)21-29-41-46(3,4)43-37-17-10-8-13-31(37)19-27-39(43)48(41)6/h7-10,12-13,16-29H,11,14-15H2,1-6H3/p+1. The monoisotopic (exact) mass is 673 g/mol. The lowest BCUT2D eigenvalue weighted by atomic mass is 9.78. The molecule has 0 fully saturated rings. The van der Waals surface area contributed by atoms with Crippen molar-refractivity contribution in [3.05, 3.63) is 154 Å². The van der Waals surface area contributed by atoms with Crippen LogP contribution < -0.4 is 4.90 Å². The highest BCUT2D eigenvalue weighted by Gasteiger charge is 2.44. The van der Waals surface area contributed by atoms with Crippen molar-refractivity contribution in [1.82, 2.24) is 0 Å². The summed E-state index contributed by atoms with van der Waals surface area (Å²) in [6.45, 7) is 9.45. The largest absolute Gasteiger partial charge is 0.508 e. The molecule has 250 valence electrons. The van der Waals surface area contributed by atoms with E-state index in [-0.39, 0.29) is 10.8 Å². The van der Waals surface area contributed by atoms with Gasteiger partial charge in [-0.15, -0.1) is 0 Å². The smallest absolute Gasteiger partial charge is 0.210 e. The zero-order valence-electron chi connectivity index (χ0n) is 29.9. The molecule has 1 N–H and O–H groups in total. The topological polar surface area (TPSA) is 26.5 Å². The Kier molecular flexibility index (Phi) is 7.91.